The number of benzene rings is 1. The van der Waals surface area contributed by atoms with E-state index in [1.54, 1.807) is 25.6 Å². The van der Waals surface area contributed by atoms with Gasteiger partial charge in [-0.3, -0.25) is 9.97 Å². The molecule has 3 rings (SSSR count). The fraction of sp³-hybridized carbons (Fsp3) is 0.133. The van der Waals surface area contributed by atoms with Gasteiger partial charge in [-0.05, 0) is 24.3 Å². The number of rotatable bonds is 3. The molecule has 100 valence electrons. The lowest BCUT2D eigenvalue weighted by atomic mass is 10.1. The standard InChI is InChI=1S/C15H14N4O/c1-20-13-7-4-8-17-15(13)14(16)12-9-18-10-5-2-3-6-11(10)19-12/h2-9,14H,16H2,1H3. The molecule has 0 saturated carbocycles. The molecule has 20 heavy (non-hydrogen) atoms. The molecule has 0 spiro atoms. The fourth-order valence-electron chi connectivity index (χ4n) is 2.07. The zero-order chi connectivity index (χ0) is 13.9. The third-order valence-corrected chi connectivity index (χ3v) is 3.10. The number of ether oxygens (including phenoxy) is 1. The van der Waals surface area contributed by atoms with Crippen LogP contribution < -0.4 is 10.5 Å². The number of nitrogens with two attached hydrogens (primary N) is 1. The van der Waals surface area contributed by atoms with Crippen molar-refractivity contribution in [3.05, 3.63) is 60.2 Å². The Bertz CT molecular complexity index is 745. The molecule has 0 aliphatic carbocycles. The molecule has 0 fully saturated rings. The maximum Gasteiger partial charge on any atom is 0.142 e. The van der Waals surface area contributed by atoms with Gasteiger partial charge in [0.1, 0.15) is 11.4 Å². The topological polar surface area (TPSA) is 73.9 Å². The maximum atomic E-state index is 6.24. The van der Waals surface area contributed by atoms with Gasteiger partial charge in [0.15, 0.2) is 0 Å². The maximum absolute atomic E-state index is 6.24. The van der Waals surface area contributed by atoms with E-state index < -0.39 is 6.04 Å². The third kappa shape index (κ3) is 2.19. The van der Waals surface area contributed by atoms with Crippen LogP contribution in [-0.4, -0.2) is 22.1 Å². The zero-order valence-electron chi connectivity index (χ0n) is 11.0. The van der Waals surface area contributed by atoms with Gasteiger partial charge in [0.2, 0.25) is 0 Å². The minimum Gasteiger partial charge on any atom is -0.495 e. The number of pyridine rings is 1. The monoisotopic (exact) mass is 266 g/mol. The molecule has 2 heterocycles. The van der Waals surface area contributed by atoms with Crippen LogP contribution >= 0.6 is 0 Å². The van der Waals surface area contributed by atoms with Crippen molar-refractivity contribution in [2.45, 2.75) is 6.04 Å². The average molecular weight is 266 g/mol. The van der Waals surface area contributed by atoms with E-state index in [1.165, 1.54) is 0 Å². The quantitative estimate of drug-likeness (QED) is 0.785. The summed E-state index contributed by atoms with van der Waals surface area (Å²) in [5, 5.41) is 0. The van der Waals surface area contributed by atoms with Crippen molar-refractivity contribution in [3.63, 3.8) is 0 Å². The van der Waals surface area contributed by atoms with Crippen LogP contribution in [0.15, 0.2) is 48.8 Å². The van der Waals surface area contributed by atoms with Crippen LogP contribution in [0.3, 0.4) is 0 Å². The zero-order valence-corrected chi connectivity index (χ0v) is 11.0. The number of methoxy groups -OCH3 is 1. The highest BCUT2D eigenvalue weighted by molar-refractivity contribution is 5.73. The average Bonchev–Trinajstić information content (AvgIpc) is 2.53. The second-order valence-corrected chi connectivity index (χ2v) is 4.35. The molecule has 0 aliphatic rings. The van der Waals surface area contributed by atoms with Crippen molar-refractivity contribution in [1.82, 2.24) is 15.0 Å². The second kappa shape index (κ2) is 5.22. The number of fused-ring (bicyclic) bond motifs is 1. The van der Waals surface area contributed by atoms with Gasteiger partial charge in [-0.15, -0.1) is 0 Å². The van der Waals surface area contributed by atoms with Gasteiger partial charge in [0.05, 0.1) is 36.1 Å². The minimum absolute atomic E-state index is 0.469. The first-order valence-electron chi connectivity index (χ1n) is 6.26. The Labute approximate surface area is 116 Å². The molecule has 0 radical (unpaired) electrons. The fourth-order valence-corrected chi connectivity index (χ4v) is 2.07. The molecule has 1 aromatic carbocycles. The first-order chi connectivity index (χ1) is 9.79. The highest BCUT2D eigenvalue weighted by Gasteiger charge is 2.17. The van der Waals surface area contributed by atoms with Crippen molar-refractivity contribution in [2.24, 2.45) is 5.73 Å². The van der Waals surface area contributed by atoms with Crippen LogP contribution in [-0.2, 0) is 0 Å². The largest absolute Gasteiger partial charge is 0.495 e. The van der Waals surface area contributed by atoms with Crippen LogP contribution in [0.5, 0.6) is 5.75 Å². The molecule has 2 N–H and O–H groups in total. The summed E-state index contributed by atoms with van der Waals surface area (Å²) in [6.45, 7) is 0. The van der Waals surface area contributed by atoms with Gasteiger partial charge in [-0.1, -0.05) is 12.1 Å². The molecule has 0 aliphatic heterocycles. The summed E-state index contributed by atoms with van der Waals surface area (Å²) in [6, 6.07) is 10.8. The molecular formula is C15H14N4O. The lowest BCUT2D eigenvalue weighted by Crippen LogP contribution is -2.16. The number of nitrogens with zero attached hydrogens (tertiary/aromatic N) is 3. The highest BCUT2D eigenvalue weighted by Crippen LogP contribution is 2.25. The summed E-state index contributed by atoms with van der Waals surface area (Å²) < 4.78 is 5.28. The summed E-state index contributed by atoms with van der Waals surface area (Å²) in [7, 11) is 1.60. The van der Waals surface area contributed by atoms with E-state index >= 15 is 0 Å². The predicted octanol–water partition coefficient (Wildman–Crippen LogP) is 2.08. The van der Waals surface area contributed by atoms with E-state index in [9.17, 15) is 0 Å². The van der Waals surface area contributed by atoms with E-state index in [0.717, 1.165) is 11.0 Å². The van der Waals surface area contributed by atoms with Crippen molar-refractivity contribution in [1.29, 1.82) is 0 Å². The summed E-state index contributed by atoms with van der Waals surface area (Å²) in [4.78, 5) is 13.2. The van der Waals surface area contributed by atoms with E-state index in [1.807, 2.05) is 30.3 Å². The van der Waals surface area contributed by atoms with Crippen molar-refractivity contribution in [2.75, 3.05) is 7.11 Å². The molecule has 2 aromatic heterocycles. The first-order valence-corrected chi connectivity index (χ1v) is 6.26. The highest BCUT2D eigenvalue weighted by atomic mass is 16.5. The molecule has 5 nitrogen and oxygen atoms in total. The van der Waals surface area contributed by atoms with Crippen LogP contribution in [0.4, 0.5) is 0 Å². The molecule has 0 bridgehead atoms. The molecule has 0 saturated heterocycles. The third-order valence-electron chi connectivity index (χ3n) is 3.10. The van der Waals surface area contributed by atoms with Crippen molar-refractivity contribution in [3.8, 4) is 5.75 Å². The number of para-hydroxylation sites is 2. The molecule has 0 amide bonds. The Morgan fingerprint density at radius 1 is 1.05 bits per heavy atom. The van der Waals surface area contributed by atoms with Gasteiger partial charge in [0.25, 0.3) is 0 Å². The first kappa shape index (κ1) is 12.5. The van der Waals surface area contributed by atoms with E-state index in [0.29, 0.717) is 17.1 Å². The van der Waals surface area contributed by atoms with Crippen LogP contribution in [0, 0.1) is 0 Å². The summed E-state index contributed by atoms with van der Waals surface area (Å²) >= 11 is 0. The molecule has 1 unspecified atom stereocenters. The minimum atomic E-state index is -0.469. The number of hydrogen-bond acceptors (Lipinski definition) is 5. The normalized spacial score (nSPS) is 12.3. The summed E-state index contributed by atoms with van der Waals surface area (Å²) in [6.07, 6.45) is 3.37. The smallest absolute Gasteiger partial charge is 0.142 e. The second-order valence-electron chi connectivity index (χ2n) is 4.35. The Balaban J connectivity index is 2.05. The Morgan fingerprint density at radius 2 is 1.85 bits per heavy atom. The SMILES string of the molecule is COc1cccnc1C(N)c1cnc2ccccc2n1. The number of aromatic nitrogens is 3. The lowest BCUT2D eigenvalue weighted by Gasteiger charge is -2.14. The number of hydrogen-bond donors (Lipinski definition) is 1. The molecule has 5 heteroatoms. The van der Waals surface area contributed by atoms with Crippen molar-refractivity contribution < 1.29 is 4.74 Å². The van der Waals surface area contributed by atoms with Gasteiger partial charge < -0.3 is 10.5 Å². The van der Waals surface area contributed by atoms with Crippen LogP contribution in [0.1, 0.15) is 17.4 Å². The van der Waals surface area contributed by atoms with E-state index in [2.05, 4.69) is 15.0 Å². The lowest BCUT2D eigenvalue weighted by molar-refractivity contribution is 0.404. The van der Waals surface area contributed by atoms with Gasteiger partial charge in [-0.25, -0.2) is 4.98 Å². The summed E-state index contributed by atoms with van der Waals surface area (Å²) in [5.41, 5.74) is 9.22. The van der Waals surface area contributed by atoms with E-state index in [-0.39, 0.29) is 0 Å². The van der Waals surface area contributed by atoms with Crippen LogP contribution in [0.2, 0.25) is 0 Å². The van der Waals surface area contributed by atoms with Gasteiger partial charge >= 0.3 is 0 Å². The van der Waals surface area contributed by atoms with Gasteiger partial charge in [0, 0.05) is 6.20 Å². The Hall–Kier alpha value is -2.53. The van der Waals surface area contributed by atoms with Gasteiger partial charge in [-0.2, -0.15) is 0 Å². The molecule has 1 atom stereocenters. The Morgan fingerprint density at radius 3 is 2.65 bits per heavy atom. The Kier molecular flexibility index (Phi) is 3.26. The van der Waals surface area contributed by atoms with Crippen LogP contribution in [0.25, 0.3) is 11.0 Å². The molecular weight excluding hydrogens is 252 g/mol. The van der Waals surface area contributed by atoms with Crippen molar-refractivity contribution >= 4 is 11.0 Å². The van der Waals surface area contributed by atoms with E-state index in [4.69, 9.17) is 10.5 Å². The predicted molar refractivity (Wildman–Crippen MR) is 76.4 cm³/mol. The molecule has 3 aromatic rings. The summed E-state index contributed by atoms with van der Waals surface area (Å²) in [5.74, 6) is 0.648.